The van der Waals surface area contributed by atoms with Crippen molar-refractivity contribution in [3.8, 4) is 5.75 Å². The predicted molar refractivity (Wildman–Crippen MR) is 122 cm³/mol. The molecule has 0 fully saturated rings. The number of amides is 1. The maximum atomic E-state index is 13.1. The van der Waals surface area contributed by atoms with Crippen LogP contribution in [0.3, 0.4) is 0 Å². The van der Waals surface area contributed by atoms with Gasteiger partial charge >= 0.3 is 0 Å². The summed E-state index contributed by atoms with van der Waals surface area (Å²) in [5.74, 6) is -0.214. The number of benzene rings is 3. The van der Waals surface area contributed by atoms with Crippen molar-refractivity contribution in [3.63, 3.8) is 0 Å². The Morgan fingerprint density at radius 3 is 2.22 bits per heavy atom. The zero-order valence-corrected chi connectivity index (χ0v) is 18.7. The smallest absolute Gasteiger partial charge is 0.258 e. The highest BCUT2D eigenvalue weighted by atomic mass is 32.2. The summed E-state index contributed by atoms with van der Waals surface area (Å²) < 4.78 is 44.5. The van der Waals surface area contributed by atoms with Gasteiger partial charge in [0, 0.05) is 0 Å². The zero-order valence-electron chi connectivity index (χ0n) is 17.9. The molecule has 0 bridgehead atoms. The lowest BCUT2D eigenvalue weighted by Gasteiger charge is -2.23. The summed E-state index contributed by atoms with van der Waals surface area (Å²) in [5.41, 5.74) is 2.08. The highest BCUT2D eigenvalue weighted by molar-refractivity contribution is 7.92. The molecule has 0 spiro atoms. The van der Waals surface area contributed by atoms with Gasteiger partial charge in [-0.05, 0) is 54.4 Å². The molecule has 8 heteroatoms. The van der Waals surface area contributed by atoms with Crippen LogP contribution in [0.4, 0.5) is 10.1 Å². The maximum absolute atomic E-state index is 13.1. The van der Waals surface area contributed by atoms with Crippen LogP contribution in [0.15, 0.2) is 78.9 Å². The van der Waals surface area contributed by atoms with Crippen LogP contribution in [0.25, 0.3) is 0 Å². The van der Waals surface area contributed by atoms with Crippen molar-refractivity contribution in [2.45, 2.75) is 19.5 Å². The first-order valence-electron chi connectivity index (χ1n) is 10.0. The highest BCUT2D eigenvalue weighted by Gasteiger charge is 2.18. The van der Waals surface area contributed by atoms with E-state index < -0.39 is 10.0 Å². The normalized spacial score (nSPS) is 12.1. The van der Waals surface area contributed by atoms with Gasteiger partial charge in [0.1, 0.15) is 11.6 Å². The van der Waals surface area contributed by atoms with E-state index in [-0.39, 0.29) is 30.9 Å². The van der Waals surface area contributed by atoms with Crippen LogP contribution in [0.5, 0.6) is 5.75 Å². The topological polar surface area (TPSA) is 75.7 Å². The van der Waals surface area contributed by atoms with Crippen molar-refractivity contribution in [1.82, 2.24) is 5.32 Å². The fourth-order valence-corrected chi connectivity index (χ4v) is 4.01. The Morgan fingerprint density at radius 2 is 1.62 bits per heavy atom. The summed E-state index contributed by atoms with van der Waals surface area (Å²) in [5, 5.41) is 2.87. The lowest BCUT2D eigenvalue weighted by Crippen LogP contribution is -2.31. The molecule has 3 rings (SSSR count). The standard InChI is InChI=1S/C24H25FN2O4S/c1-18(20-6-4-3-5-7-20)26-24(28)17-31-23-14-12-22(13-15-23)27(32(2,29)30)16-19-8-10-21(25)11-9-19/h3-15,18H,16-17H2,1-2H3,(H,26,28)/t18-/m1/s1. The molecule has 0 radical (unpaired) electrons. The molecule has 0 heterocycles. The Bertz CT molecular complexity index is 1130. The lowest BCUT2D eigenvalue weighted by molar-refractivity contribution is -0.123. The molecule has 3 aromatic carbocycles. The third-order valence-electron chi connectivity index (χ3n) is 4.81. The molecule has 0 aliphatic rings. The Kier molecular flexibility index (Phi) is 7.48. The van der Waals surface area contributed by atoms with Crippen molar-refractivity contribution in [2.24, 2.45) is 0 Å². The number of halogens is 1. The third-order valence-corrected chi connectivity index (χ3v) is 5.95. The molecular formula is C24H25FN2O4S. The minimum atomic E-state index is -3.57. The van der Waals surface area contributed by atoms with Crippen LogP contribution >= 0.6 is 0 Å². The molecule has 1 amide bonds. The first-order chi connectivity index (χ1) is 15.2. The van der Waals surface area contributed by atoms with Crippen molar-refractivity contribution in [3.05, 3.63) is 95.8 Å². The van der Waals surface area contributed by atoms with Gasteiger partial charge in [-0.1, -0.05) is 42.5 Å². The zero-order chi connectivity index (χ0) is 23.1. The third kappa shape index (κ3) is 6.55. The van der Waals surface area contributed by atoms with Crippen LogP contribution in [0, 0.1) is 5.82 Å². The fourth-order valence-electron chi connectivity index (χ4n) is 3.12. The predicted octanol–water partition coefficient (Wildman–Crippen LogP) is 4.05. The molecule has 0 saturated carbocycles. The minimum absolute atomic E-state index is 0.0685. The van der Waals surface area contributed by atoms with Crippen molar-refractivity contribution in [1.29, 1.82) is 0 Å². The molecular weight excluding hydrogens is 431 g/mol. The van der Waals surface area contributed by atoms with E-state index in [1.807, 2.05) is 37.3 Å². The number of nitrogens with one attached hydrogen (secondary N) is 1. The van der Waals surface area contributed by atoms with Gasteiger partial charge in [-0.25, -0.2) is 12.8 Å². The Balaban J connectivity index is 1.61. The van der Waals surface area contributed by atoms with Gasteiger partial charge in [-0.3, -0.25) is 9.10 Å². The van der Waals surface area contributed by atoms with E-state index in [0.717, 1.165) is 11.8 Å². The lowest BCUT2D eigenvalue weighted by atomic mass is 10.1. The first-order valence-corrected chi connectivity index (χ1v) is 11.9. The quantitative estimate of drug-likeness (QED) is 0.527. The number of hydrogen-bond donors (Lipinski definition) is 1. The summed E-state index contributed by atoms with van der Waals surface area (Å²) in [4.78, 5) is 12.2. The summed E-state index contributed by atoms with van der Waals surface area (Å²) in [7, 11) is -3.57. The summed E-state index contributed by atoms with van der Waals surface area (Å²) in [6.45, 7) is 1.80. The van der Waals surface area contributed by atoms with Crippen LogP contribution in [0.1, 0.15) is 24.1 Å². The van der Waals surface area contributed by atoms with Gasteiger partial charge in [-0.2, -0.15) is 0 Å². The number of hydrogen-bond acceptors (Lipinski definition) is 4. The first kappa shape index (κ1) is 23.3. The molecule has 1 N–H and O–H groups in total. The van der Waals surface area contributed by atoms with Crippen LogP contribution < -0.4 is 14.4 Å². The number of carbonyl (C=O) groups is 1. The average Bonchev–Trinajstić information content (AvgIpc) is 2.77. The van der Waals surface area contributed by atoms with Crippen LogP contribution in [0.2, 0.25) is 0 Å². The van der Waals surface area contributed by atoms with E-state index in [9.17, 15) is 17.6 Å². The number of sulfonamides is 1. The van der Waals surface area contributed by atoms with Gasteiger partial charge < -0.3 is 10.1 Å². The molecule has 0 aliphatic heterocycles. The number of carbonyl (C=O) groups excluding carboxylic acids is 1. The summed E-state index contributed by atoms with van der Waals surface area (Å²) in [6.07, 6.45) is 1.11. The highest BCUT2D eigenvalue weighted by Crippen LogP contribution is 2.24. The van der Waals surface area contributed by atoms with Gasteiger partial charge in [-0.15, -0.1) is 0 Å². The monoisotopic (exact) mass is 456 g/mol. The van der Waals surface area contributed by atoms with Gasteiger partial charge in [0.25, 0.3) is 5.91 Å². The second-order valence-electron chi connectivity index (χ2n) is 7.38. The van der Waals surface area contributed by atoms with Crippen LogP contribution in [-0.4, -0.2) is 27.2 Å². The molecule has 0 aromatic heterocycles. The molecule has 1 atom stereocenters. The van der Waals surface area contributed by atoms with E-state index in [2.05, 4.69) is 5.32 Å². The largest absolute Gasteiger partial charge is 0.484 e. The van der Waals surface area contributed by atoms with E-state index in [4.69, 9.17) is 4.74 Å². The second-order valence-corrected chi connectivity index (χ2v) is 9.29. The Labute approximate surface area is 187 Å². The number of nitrogens with zero attached hydrogens (tertiary/aromatic N) is 1. The van der Waals surface area contributed by atoms with Gasteiger partial charge in [0.2, 0.25) is 10.0 Å². The SMILES string of the molecule is C[C@@H](NC(=O)COc1ccc(N(Cc2ccc(F)cc2)S(C)(=O)=O)cc1)c1ccccc1. The average molecular weight is 457 g/mol. The number of rotatable bonds is 9. The Morgan fingerprint density at radius 1 is 1.00 bits per heavy atom. The number of ether oxygens (including phenoxy) is 1. The van der Waals surface area contributed by atoms with E-state index in [0.29, 0.717) is 17.0 Å². The van der Waals surface area contributed by atoms with E-state index >= 15 is 0 Å². The molecule has 32 heavy (non-hydrogen) atoms. The number of anilines is 1. The molecule has 0 unspecified atom stereocenters. The molecule has 0 saturated heterocycles. The summed E-state index contributed by atoms with van der Waals surface area (Å²) in [6, 6.07) is 21.5. The minimum Gasteiger partial charge on any atom is -0.484 e. The van der Waals surface area contributed by atoms with E-state index in [1.54, 1.807) is 36.4 Å². The van der Waals surface area contributed by atoms with Crippen molar-refractivity contribution in [2.75, 3.05) is 17.2 Å². The molecule has 3 aromatic rings. The second kappa shape index (κ2) is 10.3. The fraction of sp³-hybridized carbons (Fsp3) is 0.208. The summed E-state index contributed by atoms with van der Waals surface area (Å²) >= 11 is 0. The Hall–Kier alpha value is -3.39. The molecule has 6 nitrogen and oxygen atoms in total. The van der Waals surface area contributed by atoms with Crippen molar-refractivity contribution < 1.29 is 22.3 Å². The van der Waals surface area contributed by atoms with Gasteiger partial charge in [0.15, 0.2) is 6.61 Å². The van der Waals surface area contributed by atoms with Crippen molar-refractivity contribution >= 4 is 21.6 Å². The van der Waals surface area contributed by atoms with Gasteiger partial charge in [0.05, 0.1) is 24.5 Å². The maximum Gasteiger partial charge on any atom is 0.258 e. The molecule has 0 aliphatic carbocycles. The molecule has 168 valence electrons. The van der Waals surface area contributed by atoms with Crippen LogP contribution in [-0.2, 0) is 21.4 Å². The van der Waals surface area contributed by atoms with E-state index in [1.165, 1.54) is 16.4 Å².